The molecule has 7 nitrogen and oxygen atoms in total. The summed E-state index contributed by atoms with van der Waals surface area (Å²) in [5.41, 5.74) is 3.51. The minimum absolute atomic E-state index is 0.0989. The van der Waals surface area contributed by atoms with E-state index in [2.05, 4.69) is 15.8 Å². The molecular formula is C16H11N5O2. The summed E-state index contributed by atoms with van der Waals surface area (Å²) in [4.78, 5) is 12.0. The van der Waals surface area contributed by atoms with Crippen LogP contribution in [0.4, 0.5) is 11.4 Å². The Kier molecular flexibility index (Phi) is 4.90. The molecule has 23 heavy (non-hydrogen) atoms. The summed E-state index contributed by atoms with van der Waals surface area (Å²) in [6.07, 6.45) is 0. The summed E-state index contributed by atoms with van der Waals surface area (Å²) in [6.45, 7) is 0. The molecule has 0 aliphatic rings. The van der Waals surface area contributed by atoms with Crippen molar-refractivity contribution >= 4 is 23.0 Å². The second-order valence-corrected chi connectivity index (χ2v) is 4.34. The highest BCUT2D eigenvalue weighted by atomic mass is 16.3. The van der Waals surface area contributed by atoms with Crippen molar-refractivity contribution in [1.29, 1.82) is 10.5 Å². The summed E-state index contributed by atoms with van der Waals surface area (Å²) >= 11 is 0. The highest BCUT2D eigenvalue weighted by Gasteiger charge is 2.10. The van der Waals surface area contributed by atoms with Crippen LogP contribution in [0.25, 0.3) is 0 Å². The fourth-order valence-corrected chi connectivity index (χ4v) is 1.69. The molecule has 0 fully saturated rings. The zero-order valence-electron chi connectivity index (χ0n) is 11.8. The van der Waals surface area contributed by atoms with Crippen LogP contribution in [0, 0.1) is 22.7 Å². The molecular weight excluding hydrogens is 294 g/mol. The Hall–Kier alpha value is -3.84. The van der Waals surface area contributed by atoms with Crippen molar-refractivity contribution in [1.82, 2.24) is 0 Å². The lowest BCUT2D eigenvalue weighted by Crippen LogP contribution is -2.11. The monoisotopic (exact) mass is 305 g/mol. The lowest BCUT2D eigenvalue weighted by atomic mass is 10.2. The number of hydrogen-bond acceptors (Lipinski definition) is 6. The molecule has 0 atom stereocenters. The van der Waals surface area contributed by atoms with Gasteiger partial charge in [0.1, 0.15) is 17.9 Å². The van der Waals surface area contributed by atoms with Gasteiger partial charge in [-0.2, -0.15) is 15.6 Å². The summed E-state index contributed by atoms with van der Waals surface area (Å²) in [6, 6.07) is 16.0. The van der Waals surface area contributed by atoms with Gasteiger partial charge in [-0.15, -0.1) is 0 Å². The molecule has 1 amide bonds. The van der Waals surface area contributed by atoms with Crippen LogP contribution < -0.4 is 10.7 Å². The first-order valence-electron chi connectivity index (χ1n) is 6.47. The van der Waals surface area contributed by atoms with Crippen molar-refractivity contribution in [2.75, 3.05) is 10.7 Å². The number of phenolic OH excluding ortho intramolecular Hbond substituents is 1. The molecule has 0 unspecified atom stereocenters. The maximum absolute atomic E-state index is 12.0. The molecule has 0 saturated heterocycles. The van der Waals surface area contributed by atoms with E-state index >= 15 is 0 Å². The van der Waals surface area contributed by atoms with E-state index in [1.165, 1.54) is 12.1 Å². The van der Waals surface area contributed by atoms with Crippen LogP contribution in [0.5, 0.6) is 5.75 Å². The lowest BCUT2D eigenvalue weighted by molar-refractivity contribution is 0.102. The average Bonchev–Trinajstić information content (AvgIpc) is 2.57. The third-order valence-corrected chi connectivity index (χ3v) is 2.80. The second-order valence-electron chi connectivity index (χ2n) is 4.34. The van der Waals surface area contributed by atoms with Gasteiger partial charge in [0.25, 0.3) is 5.91 Å². The molecule has 7 heteroatoms. The summed E-state index contributed by atoms with van der Waals surface area (Å²) in [5, 5.41) is 33.0. The third-order valence-electron chi connectivity index (χ3n) is 2.80. The number of hydrogen-bond donors (Lipinski definition) is 3. The average molecular weight is 305 g/mol. The summed E-state index contributed by atoms with van der Waals surface area (Å²) in [7, 11) is 0. The molecule has 2 aromatic carbocycles. The van der Waals surface area contributed by atoms with Crippen LogP contribution in [0.3, 0.4) is 0 Å². The van der Waals surface area contributed by atoms with Crippen LogP contribution in [0.15, 0.2) is 53.6 Å². The van der Waals surface area contributed by atoms with Crippen molar-refractivity contribution in [3.8, 4) is 17.9 Å². The molecule has 2 rings (SSSR count). The smallest absolute Gasteiger partial charge is 0.259 e. The lowest BCUT2D eigenvalue weighted by Gasteiger charge is -2.07. The van der Waals surface area contributed by atoms with Gasteiger partial charge in [-0.1, -0.05) is 12.1 Å². The number of phenols is 1. The van der Waals surface area contributed by atoms with E-state index in [-0.39, 0.29) is 17.0 Å². The van der Waals surface area contributed by atoms with Crippen molar-refractivity contribution in [3.63, 3.8) is 0 Å². The van der Waals surface area contributed by atoms with Crippen molar-refractivity contribution in [2.45, 2.75) is 0 Å². The molecule has 112 valence electrons. The number of para-hydroxylation sites is 1. The first-order valence-corrected chi connectivity index (χ1v) is 6.47. The van der Waals surface area contributed by atoms with Crippen LogP contribution in [0.2, 0.25) is 0 Å². The van der Waals surface area contributed by atoms with Gasteiger partial charge in [0.15, 0.2) is 0 Å². The van der Waals surface area contributed by atoms with Gasteiger partial charge in [0, 0.05) is 5.69 Å². The number of rotatable bonds is 4. The van der Waals surface area contributed by atoms with Gasteiger partial charge >= 0.3 is 0 Å². The van der Waals surface area contributed by atoms with E-state index in [9.17, 15) is 9.90 Å². The molecule has 0 aliphatic heterocycles. The standard InChI is InChI=1S/C16H11N5O2/c17-9-13(10-18)21-20-12-7-5-11(6-8-12)19-16(23)14-3-1-2-4-15(14)22/h1-8,20,22H,(H,19,23). The minimum Gasteiger partial charge on any atom is -0.507 e. The molecule has 0 radical (unpaired) electrons. The first-order chi connectivity index (χ1) is 11.1. The highest BCUT2D eigenvalue weighted by Crippen LogP contribution is 2.19. The Balaban J connectivity index is 2.05. The predicted octanol–water partition coefficient (Wildman–Crippen LogP) is 2.46. The fraction of sp³-hybridized carbons (Fsp3) is 0. The quantitative estimate of drug-likeness (QED) is 0.591. The zero-order chi connectivity index (χ0) is 16.7. The Labute approximate surface area is 132 Å². The number of aromatic hydroxyl groups is 1. The van der Waals surface area contributed by atoms with Crippen molar-refractivity contribution < 1.29 is 9.90 Å². The molecule has 0 heterocycles. The van der Waals surface area contributed by atoms with E-state index in [1.807, 2.05) is 0 Å². The van der Waals surface area contributed by atoms with E-state index in [0.717, 1.165) is 0 Å². The fourth-order valence-electron chi connectivity index (χ4n) is 1.69. The number of hydrazone groups is 1. The summed E-state index contributed by atoms with van der Waals surface area (Å²) in [5.74, 6) is -0.531. The summed E-state index contributed by atoms with van der Waals surface area (Å²) < 4.78 is 0. The molecule has 0 aromatic heterocycles. The van der Waals surface area contributed by atoms with Crippen LogP contribution >= 0.6 is 0 Å². The molecule has 0 spiro atoms. The first kappa shape index (κ1) is 15.5. The number of nitrogens with one attached hydrogen (secondary N) is 2. The molecule has 0 saturated carbocycles. The van der Waals surface area contributed by atoms with Crippen LogP contribution in [-0.2, 0) is 0 Å². The maximum atomic E-state index is 12.0. The number of benzene rings is 2. The van der Waals surface area contributed by atoms with Crippen molar-refractivity contribution in [3.05, 3.63) is 54.1 Å². The molecule has 0 aliphatic carbocycles. The number of carbonyl (C=O) groups is 1. The van der Waals surface area contributed by atoms with Crippen molar-refractivity contribution in [2.24, 2.45) is 5.10 Å². The van der Waals surface area contributed by atoms with E-state index in [1.54, 1.807) is 48.5 Å². The van der Waals surface area contributed by atoms with Gasteiger partial charge in [0.2, 0.25) is 5.71 Å². The number of anilines is 2. The number of nitrogens with zero attached hydrogens (tertiary/aromatic N) is 3. The molecule has 3 N–H and O–H groups in total. The Bertz CT molecular complexity index is 813. The minimum atomic E-state index is -0.432. The predicted molar refractivity (Wildman–Crippen MR) is 84.8 cm³/mol. The van der Waals surface area contributed by atoms with Gasteiger partial charge in [-0.05, 0) is 36.4 Å². The Morgan fingerprint density at radius 3 is 2.22 bits per heavy atom. The number of amides is 1. The zero-order valence-corrected chi connectivity index (χ0v) is 11.8. The second kappa shape index (κ2) is 7.25. The van der Waals surface area contributed by atoms with Crippen LogP contribution in [0.1, 0.15) is 10.4 Å². The topological polar surface area (TPSA) is 121 Å². The van der Waals surface area contributed by atoms with E-state index < -0.39 is 5.91 Å². The van der Waals surface area contributed by atoms with Crippen LogP contribution in [-0.4, -0.2) is 16.7 Å². The van der Waals surface area contributed by atoms with Gasteiger partial charge in [0.05, 0.1) is 11.3 Å². The SMILES string of the molecule is N#CC(C#N)=NNc1ccc(NC(=O)c2ccccc2O)cc1. The normalized spacial score (nSPS) is 9.13. The van der Waals surface area contributed by atoms with E-state index in [4.69, 9.17) is 10.5 Å². The number of carbonyl (C=O) groups excluding carboxylic acids is 1. The maximum Gasteiger partial charge on any atom is 0.259 e. The molecule has 2 aromatic rings. The highest BCUT2D eigenvalue weighted by molar-refractivity contribution is 6.10. The Morgan fingerprint density at radius 2 is 1.61 bits per heavy atom. The largest absolute Gasteiger partial charge is 0.507 e. The third kappa shape index (κ3) is 4.06. The van der Waals surface area contributed by atoms with Gasteiger partial charge < -0.3 is 10.4 Å². The van der Waals surface area contributed by atoms with Gasteiger partial charge in [-0.3, -0.25) is 10.2 Å². The Morgan fingerprint density at radius 1 is 1.00 bits per heavy atom. The number of nitriles is 2. The molecule has 0 bridgehead atoms. The van der Waals surface area contributed by atoms with Gasteiger partial charge in [-0.25, -0.2) is 0 Å². The van der Waals surface area contributed by atoms with E-state index in [0.29, 0.717) is 11.4 Å².